The zero-order valence-electron chi connectivity index (χ0n) is 11.6. The van der Waals surface area contributed by atoms with Gasteiger partial charge in [-0.3, -0.25) is 0 Å². The van der Waals surface area contributed by atoms with Gasteiger partial charge in [-0.25, -0.2) is 4.79 Å². The average molecular weight is 282 g/mol. The van der Waals surface area contributed by atoms with Crippen molar-refractivity contribution < 1.29 is 9.90 Å². The Labute approximate surface area is 119 Å². The number of carbonyl (C=O) groups excluding carboxylic acids is 1. The molecule has 0 saturated carbocycles. The normalized spacial score (nSPS) is 12.3. The fraction of sp³-hybridized carbons (Fsp3) is 0.500. The van der Waals surface area contributed by atoms with Crippen LogP contribution in [0, 0.1) is 5.92 Å². The van der Waals surface area contributed by atoms with Gasteiger partial charge in [0.1, 0.15) is 0 Å². The predicted octanol–water partition coefficient (Wildman–Crippen LogP) is 2.94. The van der Waals surface area contributed by atoms with Crippen molar-refractivity contribution in [2.24, 2.45) is 5.92 Å². The van der Waals surface area contributed by atoms with Gasteiger partial charge in [0.2, 0.25) is 0 Å². The van der Waals surface area contributed by atoms with Crippen LogP contribution in [-0.2, 0) is 0 Å². The van der Waals surface area contributed by atoms with Gasteiger partial charge >= 0.3 is 6.03 Å². The molecule has 1 aromatic rings. The van der Waals surface area contributed by atoms with Gasteiger partial charge in [-0.2, -0.15) is 0 Å². The smallest absolute Gasteiger partial charge is 0.319 e. The minimum absolute atomic E-state index is 0.0181. The molecule has 1 atom stereocenters. The van der Waals surface area contributed by atoms with E-state index in [1.54, 1.807) is 11.8 Å². The zero-order chi connectivity index (χ0) is 14.3. The SMILES string of the molecule is CSc1ccc(NC(=O)NC(CCO)C(C)C)cc1. The van der Waals surface area contributed by atoms with E-state index in [-0.39, 0.29) is 24.6 Å². The molecule has 0 bridgehead atoms. The number of carbonyl (C=O) groups is 1. The van der Waals surface area contributed by atoms with Crippen molar-refractivity contribution in [3.05, 3.63) is 24.3 Å². The molecule has 0 radical (unpaired) electrons. The Morgan fingerprint density at radius 2 is 1.95 bits per heavy atom. The number of thioether (sulfide) groups is 1. The fourth-order valence-corrected chi connectivity index (χ4v) is 2.13. The molecule has 0 aliphatic carbocycles. The van der Waals surface area contributed by atoms with Gasteiger partial charge in [0.05, 0.1) is 0 Å². The summed E-state index contributed by atoms with van der Waals surface area (Å²) in [5.74, 6) is 0.289. The van der Waals surface area contributed by atoms with Crippen LogP contribution in [0.5, 0.6) is 0 Å². The molecule has 0 aliphatic heterocycles. The summed E-state index contributed by atoms with van der Waals surface area (Å²) >= 11 is 1.66. The van der Waals surface area contributed by atoms with E-state index in [2.05, 4.69) is 10.6 Å². The van der Waals surface area contributed by atoms with Crippen molar-refractivity contribution in [1.29, 1.82) is 0 Å². The predicted molar refractivity (Wildman–Crippen MR) is 80.7 cm³/mol. The molecule has 4 nitrogen and oxygen atoms in total. The Morgan fingerprint density at radius 3 is 2.42 bits per heavy atom. The maximum absolute atomic E-state index is 11.8. The number of aliphatic hydroxyl groups excluding tert-OH is 1. The summed E-state index contributed by atoms with van der Waals surface area (Å²) in [6.07, 6.45) is 2.58. The largest absolute Gasteiger partial charge is 0.396 e. The summed E-state index contributed by atoms with van der Waals surface area (Å²) in [6.45, 7) is 4.12. The third kappa shape index (κ3) is 5.53. The number of hydrogen-bond donors (Lipinski definition) is 3. The van der Waals surface area contributed by atoms with Crippen molar-refractivity contribution in [1.82, 2.24) is 5.32 Å². The number of nitrogens with one attached hydrogen (secondary N) is 2. The molecule has 19 heavy (non-hydrogen) atoms. The van der Waals surface area contributed by atoms with Crippen LogP contribution in [0.1, 0.15) is 20.3 Å². The lowest BCUT2D eigenvalue weighted by Gasteiger charge is -2.21. The second-order valence-electron chi connectivity index (χ2n) is 4.69. The Bertz CT molecular complexity index is 393. The summed E-state index contributed by atoms with van der Waals surface area (Å²) in [7, 11) is 0. The molecule has 2 amide bonds. The number of rotatable bonds is 6. The van der Waals surface area contributed by atoms with Gasteiger partial charge in [-0.1, -0.05) is 13.8 Å². The highest BCUT2D eigenvalue weighted by atomic mass is 32.2. The minimum atomic E-state index is -0.232. The van der Waals surface area contributed by atoms with Gasteiger partial charge in [-0.05, 0) is 42.9 Å². The Hall–Kier alpha value is -1.20. The lowest BCUT2D eigenvalue weighted by Crippen LogP contribution is -2.41. The molecule has 0 aromatic heterocycles. The second-order valence-corrected chi connectivity index (χ2v) is 5.57. The molecule has 5 heteroatoms. The van der Waals surface area contributed by atoms with E-state index >= 15 is 0 Å². The van der Waals surface area contributed by atoms with Crippen LogP contribution >= 0.6 is 11.8 Å². The summed E-state index contributed by atoms with van der Waals surface area (Å²) < 4.78 is 0. The molecule has 0 saturated heterocycles. The van der Waals surface area contributed by atoms with Crippen LogP contribution in [-0.4, -0.2) is 30.0 Å². The first-order valence-corrected chi connectivity index (χ1v) is 7.61. The van der Waals surface area contributed by atoms with E-state index in [0.717, 1.165) is 10.6 Å². The van der Waals surface area contributed by atoms with E-state index in [1.165, 1.54) is 0 Å². The topological polar surface area (TPSA) is 61.4 Å². The number of urea groups is 1. The summed E-state index contributed by atoms with van der Waals surface area (Å²) in [6, 6.07) is 7.44. The van der Waals surface area contributed by atoms with Gasteiger partial charge in [0, 0.05) is 23.2 Å². The Morgan fingerprint density at radius 1 is 1.32 bits per heavy atom. The van der Waals surface area contributed by atoms with Gasteiger partial charge < -0.3 is 15.7 Å². The van der Waals surface area contributed by atoms with Crippen LogP contribution in [0.15, 0.2) is 29.2 Å². The molecule has 0 fully saturated rings. The second kappa shape index (κ2) is 8.07. The maximum atomic E-state index is 11.8. The number of aliphatic hydroxyl groups is 1. The highest BCUT2D eigenvalue weighted by molar-refractivity contribution is 7.98. The molecule has 1 rings (SSSR count). The molecule has 106 valence electrons. The molecule has 0 heterocycles. The van der Waals surface area contributed by atoms with Crippen molar-refractivity contribution >= 4 is 23.5 Å². The number of hydrogen-bond acceptors (Lipinski definition) is 3. The van der Waals surface area contributed by atoms with E-state index in [1.807, 2.05) is 44.4 Å². The summed E-state index contributed by atoms with van der Waals surface area (Å²) in [5, 5.41) is 14.6. The highest BCUT2D eigenvalue weighted by Gasteiger charge is 2.15. The Balaban J connectivity index is 2.53. The summed E-state index contributed by atoms with van der Waals surface area (Å²) in [4.78, 5) is 13.0. The first kappa shape index (κ1) is 15.9. The third-order valence-electron chi connectivity index (χ3n) is 2.91. The number of anilines is 1. The molecule has 3 N–H and O–H groups in total. The van der Waals surface area contributed by atoms with E-state index in [4.69, 9.17) is 5.11 Å². The van der Waals surface area contributed by atoms with Gasteiger partial charge in [-0.15, -0.1) is 11.8 Å². The third-order valence-corrected chi connectivity index (χ3v) is 3.65. The Kier molecular flexibility index (Phi) is 6.73. The highest BCUT2D eigenvalue weighted by Crippen LogP contribution is 2.17. The van der Waals surface area contributed by atoms with Crippen LogP contribution in [0.25, 0.3) is 0 Å². The minimum Gasteiger partial charge on any atom is -0.396 e. The quantitative estimate of drug-likeness (QED) is 0.703. The van der Waals surface area contributed by atoms with Gasteiger partial charge in [0.15, 0.2) is 0 Å². The molecule has 1 aromatic carbocycles. The first-order valence-electron chi connectivity index (χ1n) is 6.39. The average Bonchev–Trinajstić information content (AvgIpc) is 2.39. The maximum Gasteiger partial charge on any atom is 0.319 e. The number of benzene rings is 1. The van der Waals surface area contributed by atoms with Crippen LogP contribution in [0.4, 0.5) is 10.5 Å². The van der Waals surface area contributed by atoms with Crippen molar-refractivity contribution in [3.63, 3.8) is 0 Å². The molecule has 0 aliphatic rings. The standard InChI is InChI=1S/C14H22N2O2S/c1-10(2)13(8-9-17)16-14(18)15-11-4-6-12(19-3)7-5-11/h4-7,10,13,17H,8-9H2,1-3H3,(H2,15,16,18). The van der Waals surface area contributed by atoms with Crippen LogP contribution in [0.2, 0.25) is 0 Å². The lowest BCUT2D eigenvalue weighted by atomic mass is 10.0. The first-order chi connectivity index (χ1) is 9.06. The van der Waals surface area contributed by atoms with Crippen molar-refractivity contribution in [3.8, 4) is 0 Å². The summed E-state index contributed by atoms with van der Waals surface area (Å²) in [5.41, 5.74) is 0.766. The molecule has 1 unspecified atom stereocenters. The van der Waals surface area contributed by atoms with E-state index in [0.29, 0.717) is 6.42 Å². The van der Waals surface area contributed by atoms with E-state index in [9.17, 15) is 4.79 Å². The fourth-order valence-electron chi connectivity index (χ4n) is 1.72. The van der Waals surface area contributed by atoms with Crippen LogP contribution < -0.4 is 10.6 Å². The van der Waals surface area contributed by atoms with E-state index < -0.39 is 0 Å². The monoisotopic (exact) mass is 282 g/mol. The van der Waals surface area contributed by atoms with Crippen molar-refractivity contribution in [2.45, 2.75) is 31.2 Å². The van der Waals surface area contributed by atoms with Gasteiger partial charge in [0.25, 0.3) is 0 Å². The number of amides is 2. The molecular formula is C14H22N2O2S. The lowest BCUT2D eigenvalue weighted by molar-refractivity contribution is 0.227. The van der Waals surface area contributed by atoms with Crippen molar-refractivity contribution in [2.75, 3.05) is 18.2 Å². The molecule has 0 spiro atoms. The van der Waals surface area contributed by atoms with Crippen LogP contribution in [0.3, 0.4) is 0 Å². The molecular weight excluding hydrogens is 260 g/mol. The zero-order valence-corrected chi connectivity index (χ0v) is 12.5.